The quantitative estimate of drug-likeness (QED) is 0.657. The second-order valence-corrected chi connectivity index (χ2v) is 5.07. The van der Waals surface area contributed by atoms with Crippen LogP contribution in [0.15, 0.2) is 30.3 Å². The van der Waals surface area contributed by atoms with Gasteiger partial charge in [0.2, 0.25) is 0 Å². The first-order valence-electron chi connectivity index (χ1n) is 6.38. The van der Waals surface area contributed by atoms with Crippen LogP contribution in [0.1, 0.15) is 17.0 Å². The van der Waals surface area contributed by atoms with Crippen molar-refractivity contribution in [3.05, 3.63) is 47.3 Å². The standard InChI is InChI=1S/C16H15BN2/c1-9-6-12(7-10(2)18-9)16-11(3)14-5-4-13(17)8-15(14)19-16/h4-8,19H,1-3H3. The molecule has 3 heteroatoms. The molecule has 2 nitrogen and oxygen atoms in total. The van der Waals surface area contributed by atoms with Gasteiger partial charge in [0.05, 0.1) is 0 Å². The summed E-state index contributed by atoms with van der Waals surface area (Å²) >= 11 is 0. The van der Waals surface area contributed by atoms with Crippen LogP contribution >= 0.6 is 0 Å². The monoisotopic (exact) mass is 246 g/mol. The van der Waals surface area contributed by atoms with Gasteiger partial charge in [0.1, 0.15) is 7.85 Å². The van der Waals surface area contributed by atoms with Crippen molar-refractivity contribution in [2.75, 3.05) is 0 Å². The zero-order chi connectivity index (χ0) is 13.6. The molecule has 0 aliphatic heterocycles. The molecule has 1 N–H and O–H groups in total. The number of rotatable bonds is 1. The number of pyridine rings is 1. The number of aryl methyl sites for hydroxylation is 3. The van der Waals surface area contributed by atoms with Crippen molar-refractivity contribution >= 4 is 24.2 Å². The molecule has 3 rings (SSSR count). The molecule has 0 fully saturated rings. The van der Waals surface area contributed by atoms with Crippen molar-refractivity contribution in [1.82, 2.24) is 9.97 Å². The van der Waals surface area contributed by atoms with Gasteiger partial charge in [0, 0.05) is 33.5 Å². The molecule has 19 heavy (non-hydrogen) atoms. The fourth-order valence-corrected chi connectivity index (χ4v) is 2.62. The summed E-state index contributed by atoms with van der Waals surface area (Å²) < 4.78 is 0. The van der Waals surface area contributed by atoms with Gasteiger partial charge < -0.3 is 4.98 Å². The summed E-state index contributed by atoms with van der Waals surface area (Å²) in [4.78, 5) is 7.89. The highest BCUT2D eigenvalue weighted by Crippen LogP contribution is 2.29. The minimum atomic E-state index is 0.780. The Hall–Kier alpha value is -2.03. The van der Waals surface area contributed by atoms with Crippen LogP contribution in [0.3, 0.4) is 0 Å². The van der Waals surface area contributed by atoms with Crippen LogP contribution in [0.2, 0.25) is 0 Å². The Kier molecular flexibility index (Phi) is 2.70. The number of fused-ring (bicyclic) bond motifs is 1. The molecule has 0 aliphatic carbocycles. The lowest BCUT2D eigenvalue weighted by Crippen LogP contribution is -1.99. The molecule has 0 unspecified atom stereocenters. The van der Waals surface area contributed by atoms with Gasteiger partial charge in [-0.15, -0.1) is 0 Å². The summed E-state index contributed by atoms with van der Waals surface area (Å²) in [6.45, 7) is 6.18. The zero-order valence-electron chi connectivity index (χ0n) is 11.4. The van der Waals surface area contributed by atoms with Gasteiger partial charge in [-0.1, -0.05) is 17.6 Å². The number of hydrogen-bond donors (Lipinski definition) is 1. The van der Waals surface area contributed by atoms with Crippen molar-refractivity contribution < 1.29 is 0 Å². The lowest BCUT2D eigenvalue weighted by molar-refractivity contribution is 1.12. The summed E-state index contributed by atoms with van der Waals surface area (Å²) in [5.41, 5.74) is 7.51. The second kappa shape index (κ2) is 4.27. The van der Waals surface area contributed by atoms with E-state index in [1.807, 2.05) is 26.0 Å². The summed E-state index contributed by atoms with van der Waals surface area (Å²) in [7, 11) is 5.84. The van der Waals surface area contributed by atoms with E-state index in [1.54, 1.807) is 0 Å². The van der Waals surface area contributed by atoms with Crippen LogP contribution < -0.4 is 5.46 Å². The second-order valence-electron chi connectivity index (χ2n) is 5.07. The first kappa shape index (κ1) is 12.0. The molecule has 1 aromatic carbocycles. The Balaban J connectivity index is 2.27. The molecule has 0 bridgehead atoms. The molecular weight excluding hydrogens is 231 g/mol. The third-order valence-electron chi connectivity index (χ3n) is 3.45. The van der Waals surface area contributed by atoms with E-state index >= 15 is 0 Å². The minimum Gasteiger partial charge on any atom is -0.354 e. The summed E-state index contributed by atoms with van der Waals surface area (Å²) in [6.07, 6.45) is 0. The highest BCUT2D eigenvalue weighted by molar-refractivity contribution is 6.33. The SMILES string of the molecule is [B]c1ccc2c(C)c(-c3cc(C)nc(C)c3)[nH]c2c1. The fraction of sp³-hybridized carbons (Fsp3) is 0.188. The van der Waals surface area contributed by atoms with E-state index in [9.17, 15) is 0 Å². The largest absolute Gasteiger partial charge is 0.354 e. The van der Waals surface area contributed by atoms with E-state index < -0.39 is 0 Å². The van der Waals surface area contributed by atoms with Crippen molar-refractivity contribution in [3.8, 4) is 11.3 Å². The highest BCUT2D eigenvalue weighted by atomic mass is 14.7. The van der Waals surface area contributed by atoms with Gasteiger partial charge >= 0.3 is 0 Å². The Bertz CT molecular complexity index is 752. The van der Waals surface area contributed by atoms with E-state index in [0.717, 1.165) is 28.1 Å². The predicted octanol–water partition coefficient (Wildman–Crippen LogP) is 2.95. The van der Waals surface area contributed by atoms with Gasteiger partial charge in [-0.3, -0.25) is 4.98 Å². The van der Waals surface area contributed by atoms with Gasteiger partial charge in [-0.05, 0) is 44.5 Å². The predicted molar refractivity (Wildman–Crippen MR) is 81.1 cm³/mol. The topological polar surface area (TPSA) is 28.7 Å². The molecule has 0 atom stereocenters. The van der Waals surface area contributed by atoms with Crippen molar-refractivity contribution in [1.29, 1.82) is 0 Å². The third kappa shape index (κ3) is 2.05. The Morgan fingerprint density at radius 1 is 1.00 bits per heavy atom. The molecule has 0 spiro atoms. The number of benzene rings is 1. The van der Waals surface area contributed by atoms with E-state index in [0.29, 0.717) is 0 Å². The molecule has 0 amide bonds. The van der Waals surface area contributed by atoms with Gasteiger partial charge in [0.15, 0.2) is 0 Å². The van der Waals surface area contributed by atoms with Gasteiger partial charge in [-0.2, -0.15) is 0 Å². The Morgan fingerprint density at radius 3 is 2.37 bits per heavy atom. The molecule has 2 radical (unpaired) electrons. The van der Waals surface area contributed by atoms with Crippen LogP contribution in [0.4, 0.5) is 0 Å². The van der Waals surface area contributed by atoms with E-state index in [1.165, 1.54) is 16.5 Å². The van der Waals surface area contributed by atoms with Crippen LogP contribution in [-0.2, 0) is 0 Å². The normalized spacial score (nSPS) is 11.1. The molecule has 0 aliphatic rings. The molecule has 3 aromatic rings. The Labute approximate surface area is 114 Å². The number of hydrogen-bond acceptors (Lipinski definition) is 1. The third-order valence-corrected chi connectivity index (χ3v) is 3.45. The van der Waals surface area contributed by atoms with Crippen LogP contribution in [0.25, 0.3) is 22.2 Å². The van der Waals surface area contributed by atoms with E-state index in [2.05, 4.69) is 35.1 Å². The first-order chi connectivity index (χ1) is 9.04. The van der Waals surface area contributed by atoms with Gasteiger partial charge in [0.25, 0.3) is 0 Å². The molecule has 0 saturated heterocycles. The number of nitrogens with zero attached hydrogens (tertiary/aromatic N) is 1. The van der Waals surface area contributed by atoms with Crippen molar-refractivity contribution in [2.24, 2.45) is 0 Å². The molecule has 2 heterocycles. The Morgan fingerprint density at radius 2 is 1.68 bits per heavy atom. The smallest absolute Gasteiger partial charge is 0.113 e. The maximum absolute atomic E-state index is 5.84. The molecule has 92 valence electrons. The highest BCUT2D eigenvalue weighted by Gasteiger charge is 2.10. The summed E-state index contributed by atoms with van der Waals surface area (Å²) in [5.74, 6) is 0. The van der Waals surface area contributed by atoms with Gasteiger partial charge in [-0.25, -0.2) is 0 Å². The van der Waals surface area contributed by atoms with Crippen LogP contribution in [-0.4, -0.2) is 17.8 Å². The zero-order valence-corrected chi connectivity index (χ0v) is 11.4. The first-order valence-corrected chi connectivity index (χ1v) is 6.38. The molecule has 2 aromatic heterocycles. The minimum absolute atomic E-state index is 0.780. The van der Waals surface area contributed by atoms with Crippen molar-refractivity contribution in [2.45, 2.75) is 20.8 Å². The van der Waals surface area contributed by atoms with Crippen LogP contribution in [0.5, 0.6) is 0 Å². The summed E-state index contributed by atoms with van der Waals surface area (Å²) in [5, 5.41) is 1.22. The average molecular weight is 246 g/mol. The lowest BCUT2D eigenvalue weighted by atomic mass is 9.95. The maximum Gasteiger partial charge on any atom is 0.113 e. The molecule has 0 saturated carbocycles. The number of aromatic nitrogens is 2. The van der Waals surface area contributed by atoms with Crippen molar-refractivity contribution in [3.63, 3.8) is 0 Å². The lowest BCUT2D eigenvalue weighted by Gasteiger charge is -2.04. The number of aromatic amines is 1. The molecular formula is C16H15BN2. The van der Waals surface area contributed by atoms with E-state index in [-0.39, 0.29) is 0 Å². The summed E-state index contributed by atoms with van der Waals surface area (Å²) in [6, 6.07) is 10.2. The number of H-pyrrole nitrogens is 1. The van der Waals surface area contributed by atoms with Crippen LogP contribution in [0, 0.1) is 20.8 Å². The number of nitrogens with one attached hydrogen (secondary N) is 1. The fourth-order valence-electron chi connectivity index (χ4n) is 2.62. The average Bonchev–Trinajstić information content (AvgIpc) is 2.65. The van der Waals surface area contributed by atoms with E-state index in [4.69, 9.17) is 7.85 Å². The maximum atomic E-state index is 5.84.